The van der Waals surface area contributed by atoms with Crippen molar-refractivity contribution in [2.45, 2.75) is 0 Å². The molecule has 238 valence electrons. The van der Waals surface area contributed by atoms with E-state index in [4.69, 9.17) is 204 Å². The maximum atomic E-state index is 7.32. The van der Waals surface area contributed by atoms with Gasteiger partial charge in [-0.2, -0.15) is 0 Å². The Morgan fingerprint density at radius 1 is 0.0909 bits per heavy atom. The summed E-state index contributed by atoms with van der Waals surface area (Å²) in [6.07, 6.45) is 0. The summed E-state index contributed by atoms with van der Waals surface area (Å²) in [6.45, 7) is 0. The van der Waals surface area contributed by atoms with Gasteiger partial charge >= 0.3 is 0 Å². The second kappa shape index (κ2) is 16.6. The second-order valence-electron chi connectivity index (χ2n) is 16.0. The molecule has 0 fully saturated rings. The fourth-order valence-corrected chi connectivity index (χ4v) is 9.19. The molecule has 0 aliphatic carbocycles. The summed E-state index contributed by atoms with van der Waals surface area (Å²) in [5.74, 6) is 0. The van der Waals surface area contributed by atoms with E-state index in [0.29, 0.717) is 0 Å². The van der Waals surface area contributed by atoms with E-state index >= 15 is 0 Å². The maximum Gasteiger partial charge on any atom is 0.115 e. The lowest BCUT2D eigenvalue weighted by Gasteiger charge is -2.33. The Bertz CT molecular complexity index is 3560. The van der Waals surface area contributed by atoms with E-state index < -0.39 is 0 Å². The minimum Gasteiger partial charge on any atom is -0.110 e. The Hall–Kier alpha value is -3.51. The van der Waals surface area contributed by atoms with E-state index in [-0.39, 0.29) is 219 Å². The van der Waals surface area contributed by atoms with Gasteiger partial charge in [0, 0.05) is 0 Å². The molecule has 0 amide bonds. The topological polar surface area (TPSA) is 0 Å². The zero-order valence-electron chi connectivity index (χ0n) is 35.0. The molecule has 8 rings (SSSR count). The molecular formula is C40B26. The zero-order valence-corrected chi connectivity index (χ0v) is 35.0. The smallest absolute Gasteiger partial charge is 0.110 e. The second-order valence-corrected chi connectivity index (χ2v) is 16.0. The van der Waals surface area contributed by atoms with E-state index in [1.54, 1.807) is 0 Å². The molecule has 0 atom stereocenters. The molecule has 0 saturated carbocycles. The van der Waals surface area contributed by atoms with Gasteiger partial charge in [-0.25, -0.2) is 0 Å². The highest BCUT2D eigenvalue weighted by Gasteiger charge is 2.30. The molecule has 0 bridgehead atoms. The molecule has 66 heavy (non-hydrogen) atoms. The van der Waals surface area contributed by atoms with Crippen LogP contribution in [-0.2, 0) is 0 Å². The van der Waals surface area contributed by atoms with Gasteiger partial charge in [0.1, 0.15) is 204 Å². The Labute approximate surface area is 419 Å². The fourth-order valence-electron chi connectivity index (χ4n) is 9.19. The minimum atomic E-state index is -0.247. The molecule has 8 aromatic carbocycles. The third-order valence-electron chi connectivity index (χ3n) is 12.8. The first-order chi connectivity index (χ1) is 30.7. The molecule has 0 saturated heterocycles. The number of hydrogen-bond donors (Lipinski definition) is 0. The monoisotopic (exact) mass is 766 g/mol. The Morgan fingerprint density at radius 2 is 0.242 bits per heavy atom. The van der Waals surface area contributed by atoms with Crippen LogP contribution in [0.1, 0.15) is 0 Å². The van der Waals surface area contributed by atoms with Crippen LogP contribution >= 0.6 is 0 Å². The molecule has 0 aliphatic rings. The van der Waals surface area contributed by atoms with Crippen LogP contribution in [0.4, 0.5) is 0 Å². The van der Waals surface area contributed by atoms with Crippen LogP contribution in [0.3, 0.4) is 0 Å². The van der Waals surface area contributed by atoms with Crippen molar-refractivity contribution in [3.8, 4) is 33.4 Å². The first-order valence-electron chi connectivity index (χ1n) is 19.3. The first kappa shape index (κ1) is 48.9. The molecule has 26 heteroatoms. The third-order valence-corrected chi connectivity index (χ3v) is 12.8. The lowest BCUT2D eigenvalue weighted by molar-refractivity contribution is 1.83. The Morgan fingerprint density at radius 3 is 0.561 bits per heavy atom. The van der Waals surface area contributed by atoms with Gasteiger partial charge in [-0.3, -0.25) is 0 Å². The minimum absolute atomic E-state index is 0.00570. The van der Waals surface area contributed by atoms with E-state index in [2.05, 4.69) is 0 Å². The normalized spacial score (nSPS) is 11.7. The molecular weight excluding hydrogens is 762 g/mol. The van der Waals surface area contributed by atoms with E-state index in [1.807, 2.05) is 0 Å². The van der Waals surface area contributed by atoms with Crippen LogP contribution in [0.2, 0.25) is 0 Å². The van der Waals surface area contributed by atoms with Crippen molar-refractivity contribution in [1.82, 2.24) is 0 Å². The van der Waals surface area contributed by atoms with Gasteiger partial charge in [-0.15, -0.1) is 54.6 Å². The van der Waals surface area contributed by atoms with E-state index in [0.717, 1.165) is 0 Å². The quantitative estimate of drug-likeness (QED) is 0.124. The standard InChI is InChI=1S/C40B26/c41-15-10(25(51)32(58)26(52)11(15)7-8-12(27(53)31(57)21(7)47)28(54)38(64)37(63)22(8)48)2-5-3(17(43)33(59)35(61)19(5)45)1(4-6(2)20(46)36(62)34(60)18(4)44)9-16(42)13-14(24(50)23(9)49)30(56)40(66)39(65)29(13)55. The summed E-state index contributed by atoms with van der Waals surface area (Å²) < 4.78 is 0. The molecule has 52 radical (unpaired) electrons. The number of fused-ring (bicyclic) bond motifs is 4. The average Bonchev–Trinajstić information content (AvgIpc) is 3.28. The predicted octanol–water partition coefficient (Wildman–Crippen LogP) is -20.1. The highest BCUT2D eigenvalue weighted by Crippen LogP contribution is 2.39. The van der Waals surface area contributed by atoms with E-state index in [9.17, 15) is 0 Å². The number of hydrogen-bond acceptors (Lipinski definition) is 0. The van der Waals surface area contributed by atoms with Gasteiger partial charge in [0.15, 0.2) is 0 Å². The molecule has 0 spiro atoms. The lowest BCUT2D eigenvalue weighted by atomic mass is 9.55. The molecule has 8 aromatic rings. The lowest BCUT2D eigenvalue weighted by Crippen LogP contribution is -2.54. The summed E-state index contributed by atoms with van der Waals surface area (Å²) in [4.78, 5) is 0. The van der Waals surface area contributed by atoms with Gasteiger partial charge < -0.3 is 0 Å². The summed E-state index contributed by atoms with van der Waals surface area (Å²) in [5, 5.41) is 0.229. The van der Waals surface area contributed by atoms with Crippen LogP contribution in [0.15, 0.2) is 0 Å². The van der Waals surface area contributed by atoms with Gasteiger partial charge in [-0.05, 0) is 76.5 Å². The summed E-state index contributed by atoms with van der Waals surface area (Å²) in [7, 11) is 175. The van der Waals surface area contributed by atoms with Crippen LogP contribution in [0.25, 0.3) is 76.5 Å². The number of rotatable bonds is 3. The summed E-state index contributed by atoms with van der Waals surface area (Å²) in [6, 6.07) is 0. The molecule has 0 aromatic heterocycles. The summed E-state index contributed by atoms with van der Waals surface area (Å²) >= 11 is 0. The van der Waals surface area contributed by atoms with Crippen molar-refractivity contribution in [2.24, 2.45) is 0 Å². The van der Waals surface area contributed by atoms with Crippen LogP contribution in [0, 0.1) is 0 Å². The highest BCUT2D eigenvalue weighted by molar-refractivity contribution is 6.77. The average molecular weight is 762 g/mol. The Kier molecular flexibility index (Phi) is 12.3. The molecule has 0 aliphatic heterocycles. The number of benzene rings is 8. The zero-order chi connectivity index (χ0) is 49.1. The van der Waals surface area contributed by atoms with Crippen molar-refractivity contribution in [1.29, 1.82) is 0 Å². The molecule has 0 nitrogen and oxygen atoms in total. The first-order valence-corrected chi connectivity index (χ1v) is 19.3. The fraction of sp³-hybridized carbons (Fsp3) is 0. The van der Waals surface area contributed by atoms with Crippen molar-refractivity contribution in [2.75, 3.05) is 0 Å². The van der Waals surface area contributed by atoms with Crippen LogP contribution in [0.5, 0.6) is 0 Å². The summed E-state index contributed by atoms with van der Waals surface area (Å²) in [5.41, 5.74) is -4.29. The van der Waals surface area contributed by atoms with Crippen molar-refractivity contribution >= 4 is 389 Å². The molecule has 0 heterocycles. The molecule has 0 unspecified atom stereocenters. The highest BCUT2D eigenvalue weighted by atomic mass is 14.3. The van der Waals surface area contributed by atoms with E-state index in [1.165, 1.54) is 0 Å². The SMILES string of the molecule is [B]c1c([B])c(-c2c([B])c([B])c([B])c3c([B])c([B])c([B])c([B])c23)c([B])c(-c2c3c([B])c([B])c([B])c([B])c3c(-c3c([B])c([B])c4c([B])c([B])c([B])c([B])c4c3[B])c3c([B])c([B])c([B])c([B])c23)c1[B]. The van der Waals surface area contributed by atoms with Crippen LogP contribution < -0.4 is 142 Å². The molecule has 0 N–H and O–H groups in total. The van der Waals surface area contributed by atoms with Crippen molar-refractivity contribution in [3.05, 3.63) is 0 Å². The Balaban J connectivity index is 1.74. The van der Waals surface area contributed by atoms with Crippen molar-refractivity contribution in [3.63, 3.8) is 0 Å². The van der Waals surface area contributed by atoms with Gasteiger partial charge in [0.05, 0.1) is 0 Å². The van der Waals surface area contributed by atoms with Gasteiger partial charge in [0.25, 0.3) is 0 Å². The third kappa shape index (κ3) is 6.29. The predicted molar refractivity (Wildman–Crippen MR) is 313 cm³/mol. The largest absolute Gasteiger partial charge is 0.115 e. The van der Waals surface area contributed by atoms with Gasteiger partial charge in [-0.1, -0.05) is 87.4 Å². The van der Waals surface area contributed by atoms with Crippen LogP contribution in [-0.4, -0.2) is 204 Å². The maximum absolute atomic E-state index is 7.32. The van der Waals surface area contributed by atoms with Gasteiger partial charge in [0.2, 0.25) is 0 Å². The van der Waals surface area contributed by atoms with Crippen molar-refractivity contribution < 1.29 is 0 Å².